The predicted octanol–water partition coefficient (Wildman–Crippen LogP) is 2.36. The average molecular weight is 307 g/mol. The molecule has 0 bridgehead atoms. The lowest BCUT2D eigenvalue weighted by atomic mass is 10.1. The van der Waals surface area contributed by atoms with Crippen LogP contribution in [0.1, 0.15) is 23.4 Å². The molecule has 112 valence electrons. The maximum absolute atomic E-state index is 11.6. The molecular formula is C14H17N3O3S. The Labute approximate surface area is 127 Å². The Balaban J connectivity index is 2.18. The molecule has 6 nitrogen and oxygen atoms in total. The van der Waals surface area contributed by atoms with Gasteiger partial charge in [0, 0.05) is 11.8 Å². The van der Waals surface area contributed by atoms with Crippen LogP contribution < -0.4 is 0 Å². The second-order valence-electron chi connectivity index (χ2n) is 4.64. The summed E-state index contributed by atoms with van der Waals surface area (Å²) in [4.78, 5) is 14.3. The monoisotopic (exact) mass is 307 g/mol. The van der Waals surface area contributed by atoms with Crippen LogP contribution in [0.2, 0.25) is 0 Å². The third-order valence-corrected chi connectivity index (χ3v) is 3.80. The van der Waals surface area contributed by atoms with Gasteiger partial charge in [0.1, 0.15) is 6.04 Å². The highest BCUT2D eigenvalue weighted by atomic mass is 32.2. The minimum absolute atomic E-state index is 0.280. The third-order valence-electron chi connectivity index (χ3n) is 3.06. The maximum Gasteiger partial charge on any atom is 0.325 e. The fourth-order valence-electron chi connectivity index (χ4n) is 2.08. The molecule has 7 heteroatoms. The van der Waals surface area contributed by atoms with Gasteiger partial charge in [-0.3, -0.25) is 9.69 Å². The van der Waals surface area contributed by atoms with Crippen molar-refractivity contribution < 1.29 is 14.3 Å². The highest BCUT2D eigenvalue weighted by molar-refractivity contribution is 7.98. The first-order chi connectivity index (χ1) is 10.0. The van der Waals surface area contributed by atoms with Crippen molar-refractivity contribution in [3.8, 4) is 0 Å². The molecule has 0 radical (unpaired) electrons. The molecule has 2 aromatic rings. The molecule has 0 saturated carbocycles. The number of benzene rings is 1. The average Bonchev–Trinajstić information content (AvgIpc) is 2.84. The Bertz CT molecular complexity index is 612. The van der Waals surface area contributed by atoms with Gasteiger partial charge in [-0.05, 0) is 31.0 Å². The van der Waals surface area contributed by atoms with E-state index in [0.717, 1.165) is 10.5 Å². The summed E-state index contributed by atoms with van der Waals surface area (Å²) in [7, 11) is 1.72. The Morgan fingerprint density at radius 2 is 2.05 bits per heavy atom. The Hall–Kier alpha value is -1.86. The molecule has 0 spiro atoms. The number of hydrogen-bond acceptors (Lipinski definition) is 6. The highest BCUT2D eigenvalue weighted by Gasteiger charge is 2.26. The number of aromatic nitrogens is 2. The van der Waals surface area contributed by atoms with Crippen molar-refractivity contribution in [2.24, 2.45) is 0 Å². The van der Waals surface area contributed by atoms with Crippen molar-refractivity contribution in [2.45, 2.75) is 24.4 Å². The molecule has 1 N–H and O–H groups in total. The quantitative estimate of drug-likeness (QED) is 0.820. The Kier molecular flexibility index (Phi) is 4.98. The van der Waals surface area contributed by atoms with E-state index in [1.165, 1.54) is 0 Å². The third kappa shape index (κ3) is 3.83. The highest BCUT2D eigenvalue weighted by Crippen LogP contribution is 2.24. The van der Waals surface area contributed by atoms with Gasteiger partial charge in [0.25, 0.3) is 0 Å². The summed E-state index contributed by atoms with van der Waals surface area (Å²) >= 11 is 1.62. The topological polar surface area (TPSA) is 79.5 Å². The number of nitrogens with zero attached hydrogens (tertiary/aromatic N) is 3. The largest absolute Gasteiger partial charge is 0.480 e. The molecule has 0 fully saturated rings. The van der Waals surface area contributed by atoms with E-state index in [1.54, 1.807) is 30.6 Å². The van der Waals surface area contributed by atoms with Crippen LogP contribution in [0.3, 0.4) is 0 Å². The number of likely N-dealkylation sites (N-methyl/N-ethyl adjacent to an activating group) is 1. The lowest BCUT2D eigenvalue weighted by Gasteiger charge is -2.23. The minimum Gasteiger partial charge on any atom is -0.480 e. The van der Waals surface area contributed by atoms with Crippen LogP contribution in [0.15, 0.2) is 33.6 Å². The van der Waals surface area contributed by atoms with E-state index in [-0.39, 0.29) is 6.54 Å². The van der Waals surface area contributed by atoms with Crippen LogP contribution in [0.25, 0.3) is 0 Å². The lowest BCUT2D eigenvalue weighted by Crippen LogP contribution is -2.30. The zero-order valence-electron chi connectivity index (χ0n) is 12.1. The molecule has 0 unspecified atom stereocenters. The molecule has 0 aliphatic carbocycles. The van der Waals surface area contributed by atoms with E-state index in [4.69, 9.17) is 4.42 Å². The molecule has 1 heterocycles. The number of hydrogen-bond donors (Lipinski definition) is 1. The summed E-state index contributed by atoms with van der Waals surface area (Å²) in [5.74, 6) is -0.0396. The van der Waals surface area contributed by atoms with Gasteiger partial charge >= 0.3 is 5.97 Å². The van der Waals surface area contributed by atoms with Gasteiger partial charge in [-0.2, -0.15) is 0 Å². The fraction of sp³-hybridized carbons (Fsp3) is 0.357. The van der Waals surface area contributed by atoms with Gasteiger partial charge in [0.2, 0.25) is 11.8 Å². The Morgan fingerprint density at radius 1 is 1.38 bits per heavy atom. The lowest BCUT2D eigenvalue weighted by molar-refractivity contribution is -0.143. The number of carbonyl (C=O) groups is 1. The normalized spacial score (nSPS) is 12.6. The van der Waals surface area contributed by atoms with Crippen LogP contribution >= 0.6 is 11.8 Å². The summed E-state index contributed by atoms with van der Waals surface area (Å²) in [6, 6.07) is 6.75. The molecule has 1 aromatic carbocycles. The smallest absolute Gasteiger partial charge is 0.325 e. The van der Waals surface area contributed by atoms with Gasteiger partial charge in [-0.1, -0.05) is 12.1 Å². The van der Waals surface area contributed by atoms with Crippen molar-refractivity contribution in [3.05, 3.63) is 41.6 Å². The van der Waals surface area contributed by atoms with Crippen molar-refractivity contribution in [1.29, 1.82) is 0 Å². The van der Waals surface area contributed by atoms with Gasteiger partial charge in [-0.25, -0.2) is 0 Å². The van der Waals surface area contributed by atoms with Crippen LogP contribution in [-0.4, -0.2) is 39.5 Å². The molecule has 1 aromatic heterocycles. The molecule has 0 aliphatic heterocycles. The molecule has 0 amide bonds. The Morgan fingerprint density at radius 3 is 2.52 bits per heavy atom. The second kappa shape index (κ2) is 6.73. The summed E-state index contributed by atoms with van der Waals surface area (Å²) in [5, 5.41) is 17.1. The van der Waals surface area contributed by atoms with E-state index in [9.17, 15) is 9.90 Å². The number of aliphatic carboxylic acids is 1. The van der Waals surface area contributed by atoms with Crippen LogP contribution in [0, 0.1) is 6.92 Å². The maximum atomic E-state index is 11.6. The first kappa shape index (κ1) is 15.5. The van der Waals surface area contributed by atoms with E-state index in [0.29, 0.717) is 11.8 Å². The fourth-order valence-corrected chi connectivity index (χ4v) is 2.49. The standard InChI is InChI=1S/C14H17N3O3S/c1-9-15-16-12(20-9)8-17(2)13(14(18)19)10-4-6-11(21-3)7-5-10/h4-7,13H,8H2,1-3H3,(H,18,19)/t13-/m1/s1. The van der Waals surface area contributed by atoms with E-state index in [1.807, 2.05) is 30.5 Å². The number of thioether (sulfide) groups is 1. The van der Waals surface area contributed by atoms with Crippen molar-refractivity contribution in [2.75, 3.05) is 13.3 Å². The second-order valence-corrected chi connectivity index (χ2v) is 5.52. The molecule has 2 rings (SSSR count). The van der Waals surface area contributed by atoms with Gasteiger partial charge in [0.05, 0.1) is 6.54 Å². The number of carboxylic acids is 1. The summed E-state index contributed by atoms with van der Waals surface area (Å²) < 4.78 is 5.30. The number of rotatable bonds is 6. The van der Waals surface area contributed by atoms with E-state index in [2.05, 4.69) is 10.2 Å². The van der Waals surface area contributed by atoms with Crippen LogP contribution in [0.4, 0.5) is 0 Å². The van der Waals surface area contributed by atoms with Gasteiger partial charge in [0.15, 0.2) is 0 Å². The van der Waals surface area contributed by atoms with Crippen molar-refractivity contribution in [3.63, 3.8) is 0 Å². The first-order valence-corrected chi connectivity index (χ1v) is 7.59. The summed E-state index contributed by atoms with van der Waals surface area (Å²) in [6.45, 7) is 1.98. The number of carboxylic acid groups (broad SMARTS) is 1. The van der Waals surface area contributed by atoms with E-state index < -0.39 is 12.0 Å². The zero-order chi connectivity index (χ0) is 15.4. The SMILES string of the molecule is CSc1ccc([C@H](C(=O)O)N(C)Cc2nnc(C)o2)cc1. The first-order valence-electron chi connectivity index (χ1n) is 6.37. The summed E-state index contributed by atoms with van der Waals surface area (Å²) in [5.41, 5.74) is 0.721. The molecule has 21 heavy (non-hydrogen) atoms. The van der Waals surface area contributed by atoms with Gasteiger partial charge < -0.3 is 9.52 Å². The van der Waals surface area contributed by atoms with Crippen LogP contribution in [-0.2, 0) is 11.3 Å². The van der Waals surface area contributed by atoms with Crippen molar-refractivity contribution >= 4 is 17.7 Å². The van der Waals surface area contributed by atoms with Crippen LogP contribution in [0.5, 0.6) is 0 Å². The zero-order valence-corrected chi connectivity index (χ0v) is 12.9. The van der Waals surface area contributed by atoms with Gasteiger partial charge in [-0.15, -0.1) is 22.0 Å². The van der Waals surface area contributed by atoms with Crippen molar-refractivity contribution in [1.82, 2.24) is 15.1 Å². The van der Waals surface area contributed by atoms with E-state index >= 15 is 0 Å². The molecule has 0 saturated heterocycles. The molecule has 1 atom stereocenters. The predicted molar refractivity (Wildman–Crippen MR) is 79.1 cm³/mol. The molecular weight excluding hydrogens is 290 g/mol. The molecule has 0 aliphatic rings. The number of aryl methyl sites for hydroxylation is 1. The summed E-state index contributed by atoms with van der Waals surface area (Å²) in [6.07, 6.45) is 1.98. The minimum atomic E-state index is -0.911.